The molecule has 2 rings (SSSR count). The maximum absolute atomic E-state index is 13.4. The molecule has 21 heavy (non-hydrogen) atoms. The first kappa shape index (κ1) is 15.2. The van der Waals surface area contributed by atoms with Crippen molar-refractivity contribution in [2.45, 2.75) is 26.2 Å². The van der Waals surface area contributed by atoms with E-state index in [1.807, 2.05) is 6.92 Å². The molecule has 1 aliphatic rings. The Morgan fingerprint density at radius 2 is 2.19 bits per heavy atom. The third kappa shape index (κ3) is 3.48. The average molecular weight is 295 g/mol. The van der Waals surface area contributed by atoms with Gasteiger partial charge in [-0.05, 0) is 31.2 Å². The third-order valence-corrected chi connectivity index (χ3v) is 3.50. The van der Waals surface area contributed by atoms with Crippen LogP contribution in [0, 0.1) is 21.8 Å². The first-order chi connectivity index (χ1) is 9.93. The van der Waals surface area contributed by atoms with Gasteiger partial charge in [0.2, 0.25) is 0 Å². The van der Waals surface area contributed by atoms with Gasteiger partial charge in [-0.1, -0.05) is 6.92 Å². The largest absolute Gasteiger partial charge is 0.396 e. The molecule has 0 aliphatic heterocycles. The molecule has 0 unspecified atom stereocenters. The predicted molar refractivity (Wildman–Crippen MR) is 76.4 cm³/mol. The summed E-state index contributed by atoms with van der Waals surface area (Å²) >= 11 is 0. The Balaban J connectivity index is 2.34. The van der Waals surface area contributed by atoms with E-state index < -0.39 is 22.3 Å². The van der Waals surface area contributed by atoms with Gasteiger partial charge in [-0.25, -0.2) is 4.39 Å². The van der Waals surface area contributed by atoms with Crippen LogP contribution in [0.5, 0.6) is 0 Å². The van der Waals surface area contributed by atoms with Crippen molar-refractivity contribution >= 4 is 17.3 Å². The molecule has 1 aromatic carbocycles. The number of rotatable bonds is 6. The van der Waals surface area contributed by atoms with Crippen LogP contribution in [-0.4, -0.2) is 28.8 Å². The summed E-state index contributed by atoms with van der Waals surface area (Å²) in [7, 11) is 0. The van der Waals surface area contributed by atoms with Crippen LogP contribution in [0.4, 0.5) is 15.8 Å². The van der Waals surface area contributed by atoms with Crippen molar-refractivity contribution in [2.24, 2.45) is 5.92 Å². The molecule has 0 saturated heterocycles. The lowest BCUT2D eigenvalue weighted by molar-refractivity contribution is -0.385. The van der Waals surface area contributed by atoms with Crippen LogP contribution in [0.1, 0.15) is 36.5 Å². The number of carbonyl (C=O) groups is 1. The topological polar surface area (TPSA) is 89.5 Å². The summed E-state index contributed by atoms with van der Waals surface area (Å²) in [6.07, 6.45) is 2.89. The summed E-state index contributed by atoms with van der Waals surface area (Å²) < 4.78 is 13.4. The van der Waals surface area contributed by atoms with E-state index in [4.69, 9.17) is 5.73 Å². The van der Waals surface area contributed by atoms with Gasteiger partial charge in [-0.3, -0.25) is 14.9 Å². The predicted octanol–water partition coefficient (Wildman–Crippen LogP) is 2.58. The highest BCUT2D eigenvalue weighted by atomic mass is 19.1. The second-order valence-corrected chi connectivity index (χ2v) is 5.34. The first-order valence-corrected chi connectivity index (χ1v) is 6.96. The molecule has 0 atom stereocenters. The molecule has 7 heteroatoms. The van der Waals surface area contributed by atoms with E-state index in [9.17, 15) is 19.3 Å². The number of anilines is 1. The van der Waals surface area contributed by atoms with Crippen molar-refractivity contribution < 1.29 is 14.1 Å². The van der Waals surface area contributed by atoms with Crippen LogP contribution in [0.2, 0.25) is 0 Å². The summed E-state index contributed by atoms with van der Waals surface area (Å²) in [4.78, 5) is 24.4. The highest BCUT2D eigenvalue weighted by Gasteiger charge is 2.30. The van der Waals surface area contributed by atoms with Gasteiger partial charge in [0, 0.05) is 13.1 Å². The van der Waals surface area contributed by atoms with Gasteiger partial charge in [0.1, 0.15) is 5.56 Å². The van der Waals surface area contributed by atoms with E-state index in [-0.39, 0.29) is 11.3 Å². The Hall–Kier alpha value is -2.18. The molecule has 0 aromatic heterocycles. The van der Waals surface area contributed by atoms with E-state index >= 15 is 0 Å². The highest BCUT2D eigenvalue weighted by Crippen LogP contribution is 2.31. The Kier molecular flexibility index (Phi) is 4.40. The molecule has 0 spiro atoms. The molecule has 2 N–H and O–H groups in total. The van der Waals surface area contributed by atoms with E-state index in [1.165, 1.54) is 0 Å². The molecule has 1 saturated carbocycles. The maximum atomic E-state index is 13.4. The minimum Gasteiger partial charge on any atom is -0.396 e. The Bertz CT molecular complexity index is 573. The van der Waals surface area contributed by atoms with Crippen molar-refractivity contribution in [3.05, 3.63) is 33.6 Å². The lowest BCUT2D eigenvalue weighted by Gasteiger charge is -2.22. The number of nitro benzene ring substituents is 1. The number of nitro groups is 1. The van der Waals surface area contributed by atoms with Gasteiger partial charge in [-0.15, -0.1) is 0 Å². The fraction of sp³-hybridized carbons (Fsp3) is 0.500. The molecule has 0 radical (unpaired) electrons. The van der Waals surface area contributed by atoms with Crippen LogP contribution in [-0.2, 0) is 0 Å². The molecular formula is C14H18FN3O3. The third-order valence-electron chi connectivity index (χ3n) is 3.50. The van der Waals surface area contributed by atoms with Crippen LogP contribution in [0.3, 0.4) is 0 Å². The molecule has 1 fully saturated rings. The number of hydrogen-bond donors (Lipinski definition) is 1. The zero-order chi connectivity index (χ0) is 15.6. The zero-order valence-electron chi connectivity index (χ0n) is 11.8. The summed E-state index contributed by atoms with van der Waals surface area (Å²) in [5, 5.41) is 11.0. The SMILES string of the molecule is CCCN(CC1CC1)C(=O)c1cc(N)c(F)cc1[N+](=O)[O-]. The number of nitrogen functional groups attached to an aromatic ring is 1. The maximum Gasteiger partial charge on any atom is 0.285 e. The number of nitrogens with zero attached hydrogens (tertiary/aromatic N) is 2. The number of benzene rings is 1. The van der Waals surface area contributed by atoms with E-state index in [2.05, 4.69) is 0 Å². The first-order valence-electron chi connectivity index (χ1n) is 6.96. The smallest absolute Gasteiger partial charge is 0.285 e. The second kappa shape index (κ2) is 6.07. The minimum absolute atomic E-state index is 0.145. The molecule has 1 aromatic rings. The monoisotopic (exact) mass is 295 g/mol. The Morgan fingerprint density at radius 3 is 2.71 bits per heavy atom. The van der Waals surface area contributed by atoms with Crippen molar-refractivity contribution in [3.63, 3.8) is 0 Å². The molecular weight excluding hydrogens is 277 g/mol. The molecule has 6 nitrogen and oxygen atoms in total. The quantitative estimate of drug-likeness (QED) is 0.496. The van der Waals surface area contributed by atoms with Crippen molar-refractivity contribution in [1.82, 2.24) is 4.90 Å². The van der Waals surface area contributed by atoms with Gasteiger partial charge in [0.05, 0.1) is 16.7 Å². The van der Waals surface area contributed by atoms with Gasteiger partial charge in [-0.2, -0.15) is 0 Å². The standard InChI is InChI=1S/C14H18FN3O3/c1-2-5-17(8-9-3-4-9)14(19)10-6-12(16)11(15)7-13(10)18(20)21/h6-7,9H,2-5,8,16H2,1H3. The van der Waals surface area contributed by atoms with E-state index in [0.29, 0.717) is 25.1 Å². The van der Waals surface area contributed by atoms with Crippen LogP contribution >= 0.6 is 0 Å². The summed E-state index contributed by atoms with van der Waals surface area (Å²) in [6.45, 7) is 3.03. The molecule has 0 bridgehead atoms. The van der Waals surface area contributed by atoms with Crippen LogP contribution in [0.15, 0.2) is 12.1 Å². The van der Waals surface area contributed by atoms with Gasteiger partial charge in [0.25, 0.3) is 11.6 Å². The van der Waals surface area contributed by atoms with Crippen molar-refractivity contribution in [3.8, 4) is 0 Å². The van der Waals surface area contributed by atoms with E-state index in [1.54, 1.807) is 4.90 Å². The molecule has 1 amide bonds. The van der Waals surface area contributed by atoms with Crippen molar-refractivity contribution in [1.29, 1.82) is 0 Å². The summed E-state index contributed by atoms with van der Waals surface area (Å²) in [6, 6.07) is 1.77. The number of halogens is 1. The minimum atomic E-state index is -0.887. The average Bonchev–Trinajstić information content (AvgIpc) is 3.24. The Labute approximate surface area is 121 Å². The fourth-order valence-corrected chi connectivity index (χ4v) is 2.23. The molecule has 0 heterocycles. The van der Waals surface area contributed by atoms with Crippen molar-refractivity contribution in [2.75, 3.05) is 18.8 Å². The van der Waals surface area contributed by atoms with Gasteiger partial charge in [0.15, 0.2) is 5.82 Å². The van der Waals surface area contributed by atoms with E-state index in [0.717, 1.165) is 25.3 Å². The zero-order valence-corrected chi connectivity index (χ0v) is 11.8. The Morgan fingerprint density at radius 1 is 1.52 bits per heavy atom. The molecule has 114 valence electrons. The lowest BCUT2D eigenvalue weighted by atomic mass is 10.1. The van der Waals surface area contributed by atoms with Gasteiger partial charge >= 0.3 is 0 Å². The summed E-state index contributed by atoms with van der Waals surface area (Å²) in [5.74, 6) is -0.873. The highest BCUT2D eigenvalue weighted by molar-refractivity contribution is 5.99. The van der Waals surface area contributed by atoms with Crippen LogP contribution < -0.4 is 5.73 Å². The van der Waals surface area contributed by atoms with Crippen LogP contribution in [0.25, 0.3) is 0 Å². The van der Waals surface area contributed by atoms with Gasteiger partial charge < -0.3 is 10.6 Å². The normalized spacial score (nSPS) is 14.0. The fourth-order valence-electron chi connectivity index (χ4n) is 2.23. The number of nitrogens with two attached hydrogens (primary N) is 1. The number of amides is 1. The number of carbonyl (C=O) groups excluding carboxylic acids is 1. The molecule has 1 aliphatic carbocycles. The lowest BCUT2D eigenvalue weighted by Crippen LogP contribution is -2.34. The second-order valence-electron chi connectivity index (χ2n) is 5.34. The number of hydrogen-bond acceptors (Lipinski definition) is 4. The summed E-state index contributed by atoms with van der Waals surface area (Å²) in [5.41, 5.74) is 4.51.